The minimum Gasteiger partial charge on any atom is -0.545 e. The van der Waals surface area contributed by atoms with Crippen molar-refractivity contribution in [2.75, 3.05) is 14.2 Å². The molecule has 0 saturated carbocycles. The zero-order valence-electron chi connectivity index (χ0n) is 7.67. The number of benzene rings is 1. The van der Waals surface area contributed by atoms with Gasteiger partial charge in [0.25, 0.3) is 0 Å². The maximum absolute atomic E-state index is 10.7. The lowest BCUT2D eigenvalue weighted by atomic mass is 10.2. The Hall–Kier alpha value is -1.23. The van der Waals surface area contributed by atoms with E-state index in [1.54, 1.807) is 0 Å². The Kier molecular flexibility index (Phi) is 3.35. The quantitative estimate of drug-likeness (QED) is 0.807. The molecule has 0 saturated heterocycles. The molecule has 0 bridgehead atoms. The number of halogens is 1. The Morgan fingerprint density at radius 1 is 1.29 bits per heavy atom. The van der Waals surface area contributed by atoms with Gasteiger partial charge in [-0.05, 0) is 22.0 Å². The second-order valence-electron chi connectivity index (χ2n) is 2.47. The molecule has 0 unspecified atom stereocenters. The fraction of sp³-hybridized carbons (Fsp3) is 0.222. The van der Waals surface area contributed by atoms with E-state index in [-0.39, 0.29) is 11.3 Å². The third-order valence-electron chi connectivity index (χ3n) is 1.69. The minimum absolute atomic E-state index is 0.0137. The van der Waals surface area contributed by atoms with Crippen LogP contribution >= 0.6 is 15.9 Å². The number of carbonyl (C=O) groups excluding carboxylic acids is 1. The summed E-state index contributed by atoms with van der Waals surface area (Å²) in [5.74, 6) is -0.567. The van der Waals surface area contributed by atoms with Crippen LogP contribution in [0.25, 0.3) is 0 Å². The molecule has 0 aliphatic carbocycles. The highest BCUT2D eigenvalue weighted by Gasteiger charge is 2.09. The number of rotatable bonds is 3. The molecule has 1 aromatic carbocycles. The SMILES string of the molecule is COc1cc(OC)c(C(=O)[O-])cc1Br. The summed E-state index contributed by atoms with van der Waals surface area (Å²) in [6.45, 7) is 0. The molecule has 76 valence electrons. The van der Waals surface area contributed by atoms with Crippen LogP contribution in [0.5, 0.6) is 11.5 Å². The molecular formula is C9H8BrO4-. The Bertz CT molecular complexity index is 362. The molecule has 0 N–H and O–H groups in total. The van der Waals surface area contributed by atoms with E-state index < -0.39 is 5.97 Å². The second kappa shape index (κ2) is 4.32. The van der Waals surface area contributed by atoms with Crippen LogP contribution in [0.2, 0.25) is 0 Å². The lowest BCUT2D eigenvalue weighted by molar-refractivity contribution is -0.255. The number of carbonyl (C=O) groups is 1. The predicted octanol–water partition coefficient (Wildman–Crippen LogP) is 0.830. The highest BCUT2D eigenvalue weighted by molar-refractivity contribution is 9.10. The molecule has 0 fully saturated rings. The molecule has 1 rings (SSSR count). The molecular weight excluding hydrogens is 252 g/mol. The number of carboxylic acid groups (broad SMARTS) is 1. The fourth-order valence-electron chi connectivity index (χ4n) is 1.02. The van der Waals surface area contributed by atoms with Crippen molar-refractivity contribution in [3.05, 3.63) is 22.2 Å². The van der Waals surface area contributed by atoms with Crippen molar-refractivity contribution in [3.8, 4) is 11.5 Å². The molecule has 4 nitrogen and oxygen atoms in total. The van der Waals surface area contributed by atoms with E-state index in [0.29, 0.717) is 10.2 Å². The van der Waals surface area contributed by atoms with Gasteiger partial charge in [0.2, 0.25) is 0 Å². The Morgan fingerprint density at radius 3 is 2.29 bits per heavy atom. The summed E-state index contributed by atoms with van der Waals surface area (Å²) in [6, 6.07) is 2.86. The zero-order chi connectivity index (χ0) is 10.7. The molecule has 0 aliphatic rings. The fourth-order valence-corrected chi connectivity index (χ4v) is 1.52. The van der Waals surface area contributed by atoms with Crippen molar-refractivity contribution in [3.63, 3.8) is 0 Å². The van der Waals surface area contributed by atoms with Crippen molar-refractivity contribution in [2.45, 2.75) is 0 Å². The lowest BCUT2D eigenvalue weighted by Gasteiger charge is -2.12. The summed E-state index contributed by atoms with van der Waals surface area (Å²) in [6.07, 6.45) is 0. The van der Waals surface area contributed by atoms with E-state index >= 15 is 0 Å². The number of ether oxygens (including phenoxy) is 2. The van der Waals surface area contributed by atoms with Crippen LogP contribution in [0.15, 0.2) is 16.6 Å². The topological polar surface area (TPSA) is 58.6 Å². The van der Waals surface area contributed by atoms with E-state index in [1.165, 1.54) is 26.4 Å². The highest BCUT2D eigenvalue weighted by atomic mass is 79.9. The van der Waals surface area contributed by atoms with E-state index in [0.717, 1.165) is 0 Å². The summed E-state index contributed by atoms with van der Waals surface area (Å²) in [7, 11) is 2.87. The summed E-state index contributed by atoms with van der Waals surface area (Å²) in [4.78, 5) is 10.7. The van der Waals surface area contributed by atoms with Gasteiger partial charge in [-0.15, -0.1) is 0 Å². The Balaban J connectivity index is 3.31. The molecule has 0 heterocycles. The van der Waals surface area contributed by atoms with Crippen LogP contribution in [0.1, 0.15) is 10.4 Å². The molecule has 0 radical (unpaired) electrons. The number of hydrogen-bond acceptors (Lipinski definition) is 4. The third-order valence-corrected chi connectivity index (χ3v) is 2.31. The molecule has 0 amide bonds. The summed E-state index contributed by atoms with van der Waals surface area (Å²) in [5.41, 5.74) is -0.0137. The van der Waals surface area contributed by atoms with Crippen molar-refractivity contribution in [1.82, 2.24) is 0 Å². The van der Waals surface area contributed by atoms with Crippen molar-refractivity contribution < 1.29 is 19.4 Å². The zero-order valence-corrected chi connectivity index (χ0v) is 9.25. The first kappa shape index (κ1) is 10.8. The standard InChI is InChI=1S/C9H9BrO4/c1-13-7-4-8(14-2)6(10)3-5(7)9(11)12/h3-4H,1-2H3,(H,11,12)/p-1. The van der Waals surface area contributed by atoms with E-state index in [4.69, 9.17) is 9.47 Å². The molecule has 1 aromatic rings. The molecule has 5 heteroatoms. The molecule has 0 aromatic heterocycles. The van der Waals surface area contributed by atoms with Crippen LogP contribution in [0.3, 0.4) is 0 Å². The van der Waals surface area contributed by atoms with Gasteiger partial charge in [0.1, 0.15) is 11.5 Å². The number of aromatic carboxylic acids is 1. The van der Waals surface area contributed by atoms with E-state index in [1.807, 2.05) is 0 Å². The average molecular weight is 260 g/mol. The van der Waals surface area contributed by atoms with E-state index in [9.17, 15) is 9.90 Å². The van der Waals surface area contributed by atoms with Crippen LogP contribution in [-0.2, 0) is 0 Å². The Labute approximate surface area is 89.6 Å². The molecule has 14 heavy (non-hydrogen) atoms. The Morgan fingerprint density at radius 2 is 1.86 bits per heavy atom. The van der Waals surface area contributed by atoms with Crippen molar-refractivity contribution in [2.24, 2.45) is 0 Å². The summed E-state index contributed by atoms with van der Waals surface area (Å²) in [5, 5.41) is 10.7. The first-order valence-electron chi connectivity index (χ1n) is 3.73. The van der Waals surface area contributed by atoms with E-state index in [2.05, 4.69) is 15.9 Å². The van der Waals surface area contributed by atoms with Crippen LogP contribution in [0.4, 0.5) is 0 Å². The molecule has 0 atom stereocenters. The first-order valence-corrected chi connectivity index (χ1v) is 4.52. The normalized spacial score (nSPS) is 9.64. The van der Waals surface area contributed by atoms with Gasteiger partial charge < -0.3 is 19.4 Å². The van der Waals surface area contributed by atoms with Crippen LogP contribution < -0.4 is 14.6 Å². The van der Waals surface area contributed by atoms with Gasteiger partial charge in [-0.3, -0.25) is 0 Å². The largest absolute Gasteiger partial charge is 0.545 e. The average Bonchev–Trinajstić information content (AvgIpc) is 2.17. The second-order valence-corrected chi connectivity index (χ2v) is 3.33. The highest BCUT2D eigenvalue weighted by Crippen LogP contribution is 2.32. The molecule has 0 spiro atoms. The predicted molar refractivity (Wildman–Crippen MR) is 51.6 cm³/mol. The van der Waals surface area contributed by atoms with Gasteiger partial charge in [-0.1, -0.05) is 0 Å². The first-order chi connectivity index (χ1) is 6.60. The summed E-state index contributed by atoms with van der Waals surface area (Å²) >= 11 is 3.17. The minimum atomic E-state index is -1.29. The third kappa shape index (κ3) is 1.98. The van der Waals surface area contributed by atoms with Crippen molar-refractivity contribution in [1.29, 1.82) is 0 Å². The lowest BCUT2D eigenvalue weighted by Crippen LogP contribution is -2.23. The van der Waals surface area contributed by atoms with Crippen LogP contribution in [0, 0.1) is 0 Å². The number of hydrogen-bond donors (Lipinski definition) is 0. The maximum atomic E-state index is 10.7. The smallest absolute Gasteiger partial charge is 0.136 e. The number of carboxylic acids is 1. The van der Waals surface area contributed by atoms with Crippen molar-refractivity contribution >= 4 is 21.9 Å². The van der Waals surface area contributed by atoms with Crippen LogP contribution in [-0.4, -0.2) is 20.2 Å². The summed E-state index contributed by atoms with van der Waals surface area (Å²) < 4.78 is 10.4. The van der Waals surface area contributed by atoms with Gasteiger partial charge in [0, 0.05) is 11.6 Å². The van der Waals surface area contributed by atoms with Gasteiger partial charge in [0.15, 0.2) is 0 Å². The maximum Gasteiger partial charge on any atom is 0.136 e. The van der Waals surface area contributed by atoms with Gasteiger partial charge in [-0.2, -0.15) is 0 Å². The monoisotopic (exact) mass is 259 g/mol. The van der Waals surface area contributed by atoms with Gasteiger partial charge >= 0.3 is 0 Å². The molecule has 0 aliphatic heterocycles. The van der Waals surface area contributed by atoms with Gasteiger partial charge in [-0.25, -0.2) is 0 Å². The van der Waals surface area contributed by atoms with Gasteiger partial charge in [0.05, 0.1) is 24.7 Å². The number of methoxy groups -OCH3 is 2.